The van der Waals surface area contributed by atoms with E-state index in [4.69, 9.17) is 0 Å². The van der Waals surface area contributed by atoms with Gasteiger partial charge < -0.3 is 20.6 Å². The summed E-state index contributed by atoms with van der Waals surface area (Å²) in [5.41, 5.74) is 0. The van der Waals surface area contributed by atoms with E-state index in [9.17, 15) is 20.1 Å². The zero-order valence-corrected chi connectivity index (χ0v) is 43.0. The predicted octanol–water partition coefficient (Wildman–Crippen LogP) is 17.9. The average molecular weight is 891 g/mol. The first kappa shape index (κ1) is 62.1. The van der Waals surface area contributed by atoms with Gasteiger partial charge in [0.05, 0.1) is 18.8 Å². The van der Waals surface area contributed by atoms with Gasteiger partial charge in [-0.15, -0.1) is 0 Å². The average Bonchev–Trinajstić information content (AvgIpc) is 3.29. The highest BCUT2D eigenvalue weighted by molar-refractivity contribution is 5.76. The lowest BCUT2D eigenvalue weighted by atomic mass is 9.99. The summed E-state index contributed by atoms with van der Waals surface area (Å²) < 4.78 is 0. The number of nitrogens with one attached hydrogen (secondary N) is 1. The Hall–Kier alpha value is -0.910. The van der Waals surface area contributed by atoms with Crippen LogP contribution in [-0.4, -0.2) is 46.1 Å². The molecule has 0 radical (unpaired) electrons. The minimum Gasteiger partial charge on any atom is -0.394 e. The van der Waals surface area contributed by atoms with Crippen LogP contribution in [0.25, 0.3) is 0 Å². The third-order valence-electron chi connectivity index (χ3n) is 13.9. The standard InChI is InChI=1S/C58H115NO4/c1-3-5-7-9-11-13-15-17-19-21-23-25-27-28-29-31-33-35-37-39-41-43-45-47-49-51-53-57(62)59-55(54-60)58(63)56(61)52-50-48-46-44-42-40-38-36-34-32-30-26-24-22-20-18-16-14-12-10-8-6-4-2/h28-29,55-56,58,60-61,63H,3-27,30-54H2,1-2H3,(H,59,62)/b29-28-. The second kappa shape index (κ2) is 53.7. The van der Waals surface area contributed by atoms with Gasteiger partial charge in [0.25, 0.3) is 0 Å². The molecule has 3 unspecified atom stereocenters. The molecular weight excluding hydrogens is 775 g/mol. The Morgan fingerprint density at radius 1 is 0.381 bits per heavy atom. The van der Waals surface area contributed by atoms with Crippen LogP contribution in [0, 0.1) is 0 Å². The third-order valence-corrected chi connectivity index (χ3v) is 13.9. The largest absolute Gasteiger partial charge is 0.394 e. The number of rotatable bonds is 54. The van der Waals surface area contributed by atoms with Gasteiger partial charge in [0, 0.05) is 6.42 Å². The maximum Gasteiger partial charge on any atom is 0.220 e. The number of carbonyl (C=O) groups excluding carboxylic acids is 1. The Labute approximate surface area is 395 Å². The molecule has 5 heteroatoms. The van der Waals surface area contributed by atoms with Gasteiger partial charge in [-0.3, -0.25) is 4.79 Å². The van der Waals surface area contributed by atoms with Crippen LogP contribution >= 0.6 is 0 Å². The van der Waals surface area contributed by atoms with Crippen molar-refractivity contribution in [1.82, 2.24) is 5.32 Å². The first-order valence-corrected chi connectivity index (χ1v) is 29.0. The molecule has 0 saturated carbocycles. The highest BCUT2D eigenvalue weighted by Crippen LogP contribution is 2.18. The molecule has 5 nitrogen and oxygen atoms in total. The molecule has 0 aromatic heterocycles. The summed E-state index contributed by atoms with van der Waals surface area (Å²) in [6.45, 7) is 4.22. The first-order chi connectivity index (χ1) is 31.1. The van der Waals surface area contributed by atoms with Gasteiger partial charge in [0.15, 0.2) is 0 Å². The van der Waals surface area contributed by atoms with E-state index < -0.39 is 18.2 Å². The monoisotopic (exact) mass is 890 g/mol. The van der Waals surface area contributed by atoms with Gasteiger partial charge in [-0.2, -0.15) is 0 Å². The van der Waals surface area contributed by atoms with Gasteiger partial charge >= 0.3 is 0 Å². The van der Waals surface area contributed by atoms with Crippen LogP contribution in [0.5, 0.6) is 0 Å². The van der Waals surface area contributed by atoms with Crippen molar-refractivity contribution in [2.24, 2.45) is 0 Å². The summed E-state index contributed by atoms with van der Waals surface area (Å²) in [4.78, 5) is 12.5. The summed E-state index contributed by atoms with van der Waals surface area (Å²) in [5, 5.41) is 33.8. The van der Waals surface area contributed by atoms with E-state index in [1.54, 1.807) is 0 Å². The van der Waals surface area contributed by atoms with Gasteiger partial charge in [-0.05, 0) is 38.5 Å². The number of allylic oxidation sites excluding steroid dienone is 2. The Balaban J connectivity index is 3.51. The van der Waals surface area contributed by atoms with Crippen molar-refractivity contribution < 1.29 is 20.1 Å². The lowest BCUT2D eigenvalue weighted by Crippen LogP contribution is -2.50. The Bertz CT molecular complexity index is 894. The minimum absolute atomic E-state index is 0.140. The molecule has 0 aliphatic heterocycles. The third kappa shape index (κ3) is 48.8. The maximum atomic E-state index is 12.5. The number of unbranched alkanes of at least 4 members (excludes halogenated alkanes) is 44. The summed E-state index contributed by atoms with van der Waals surface area (Å²) >= 11 is 0. The number of hydrogen-bond donors (Lipinski definition) is 4. The normalized spacial score (nSPS) is 13.3. The van der Waals surface area contributed by atoms with E-state index in [0.717, 1.165) is 32.1 Å². The van der Waals surface area contributed by atoms with Crippen LogP contribution in [0.1, 0.15) is 328 Å². The summed E-state index contributed by atoms with van der Waals surface area (Å²) in [5.74, 6) is -0.140. The number of hydrogen-bond acceptors (Lipinski definition) is 4. The van der Waals surface area contributed by atoms with E-state index in [2.05, 4.69) is 31.3 Å². The van der Waals surface area contributed by atoms with E-state index in [1.165, 1.54) is 270 Å². The van der Waals surface area contributed by atoms with Crippen LogP contribution in [0.15, 0.2) is 12.2 Å². The SMILES string of the molecule is CCCCCCCCCCCCCC/C=C\CCCCCCCCCCCCC(=O)NC(CO)C(O)C(O)CCCCCCCCCCCCCCCCCCCCCCCCC. The van der Waals surface area contributed by atoms with Crippen molar-refractivity contribution in [3.63, 3.8) is 0 Å². The number of carbonyl (C=O) groups is 1. The van der Waals surface area contributed by atoms with Crippen LogP contribution in [0.3, 0.4) is 0 Å². The van der Waals surface area contributed by atoms with Gasteiger partial charge in [0.1, 0.15) is 6.10 Å². The van der Waals surface area contributed by atoms with Crippen molar-refractivity contribution in [2.45, 2.75) is 347 Å². The van der Waals surface area contributed by atoms with E-state index in [1.807, 2.05) is 0 Å². The van der Waals surface area contributed by atoms with Crippen LogP contribution in [-0.2, 0) is 4.79 Å². The lowest BCUT2D eigenvalue weighted by molar-refractivity contribution is -0.124. The molecule has 0 rings (SSSR count). The molecular formula is C58H115NO4. The lowest BCUT2D eigenvalue weighted by Gasteiger charge is -2.26. The maximum absolute atomic E-state index is 12.5. The minimum atomic E-state index is -1.14. The molecule has 63 heavy (non-hydrogen) atoms. The summed E-state index contributed by atoms with van der Waals surface area (Å²) in [7, 11) is 0. The number of amides is 1. The van der Waals surface area contributed by atoms with Gasteiger partial charge in [0.2, 0.25) is 5.91 Å². The molecule has 376 valence electrons. The van der Waals surface area contributed by atoms with Crippen LogP contribution in [0.2, 0.25) is 0 Å². The number of aliphatic hydroxyl groups excluding tert-OH is 3. The second-order valence-electron chi connectivity index (χ2n) is 20.2. The quantitative estimate of drug-likeness (QED) is 0.0362. The highest BCUT2D eigenvalue weighted by Gasteiger charge is 2.26. The molecule has 0 aromatic rings. The fraction of sp³-hybridized carbons (Fsp3) is 0.948. The van der Waals surface area contributed by atoms with E-state index >= 15 is 0 Å². The van der Waals surface area contributed by atoms with Crippen molar-refractivity contribution in [3.05, 3.63) is 12.2 Å². The Morgan fingerprint density at radius 2 is 0.635 bits per heavy atom. The number of aliphatic hydroxyl groups is 3. The molecule has 4 N–H and O–H groups in total. The fourth-order valence-electron chi connectivity index (χ4n) is 9.40. The van der Waals surface area contributed by atoms with Crippen molar-refractivity contribution in [1.29, 1.82) is 0 Å². The van der Waals surface area contributed by atoms with Crippen molar-refractivity contribution >= 4 is 5.91 Å². The van der Waals surface area contributed by atoms with Crippen LogP contribution in [0.4, 0.5) is 0 Å². The molecule has 0 aliphatic rings. The van der Waals surface area contributed by atoms with Crippen molar-refractivity contribution in [2.75, 3.05) is 6.61 Å². The van der Waals surface area contributed by atoms with E-state index in [0.29, 0.717) is 12.8 Å². The van der Waals surface area contributed by atoms with Crippen molar-refractivity contribution in [3.8, 4) is 0 Å². The topological polar surface area (TPSA) is 89.8 Å². The molecule has 0 saturated heterocycles. The Morgan fingerprint density at radius 3 is 0.921 bits per heavy atom. The smallest absolute Gasteiger partial charge is 0.220 e. The Kier molecular flexibility index (Phi) is 52.9. The summed E-state index contributed by atoms with van der Waals surface area (Å²) in [6.07, 6.45) is 66.5. The molecule has 1 amide bonds. The fourth-order valence-corrected chi connectivity index (χ4v) is 9.40. The molecule has 0 aromatic carbocycles. The molecule has 0 fully saturated rings. The van der Waals surface area contributed by atoms with E-state index in [-0.39, 0.29) is 12.5 Å². The highest BCUT2D eigenvalue weighted by atomic mass is 16.3. The first-order valence-electron chi connectivity index (χ1n) is 29.0. The summed E-state index contributed by atoms with van der Waals surface area (Å²) in [6, 6.07) is -0.808. The molecule has 0 heterocycles. The predicted molar refractivity (Wildman–Crippen MR) is 278 cm³/mol. The van der Waals surface area contributed by atoms with Gasteiger partial charge in [-0.25, -0.2) is 0 Å². The van der Waals surface area contributed by atoms with Gasteiger partial charge in [-0.1, -0.05) is 296 Å². The zero-order valence-electron chi connectivity index (χ0n) is 43.0. The second-order valence-corrected chi connectivity index (χ2v) is 20.2. The molecule has 0 bridgehead atoms. The zero-order chi connectivity index (χ0) is 45.8. The molecule has 3 atom stereocenters. The van der Waals surface area contributed by atoms with Crippen LogP contribution < -0.4 is 5.32 Å². The molecule has 0 aliphatic carbocycles. The molecule has 0 spiro atoms.